The Bertz CT molecular complexity index is 205. The van der Waals surface area contributed by atoms with E-state index in [0.717, 1.165) is 18.7 Å². The van der Waals surface area contributed by atoms with E-state index in [1.807, 2.05) is 0 Å². The summed E-state index contributed by atoms with van der Waals surface area (Å²) in [6, 6.07) is 0. The first-order valence-electron chi connectivity index (χ1n) is 3.05. The van der Waals surface area contributed by atoms with Gasteiger partial charge in [0.1, 0.15) is 5.82 Å². The molecule has 0 bridgehead atoms. The largest absolute Gasteiger partial charge is 0.393 e. The molecule has 0 aromatic carbocycles. The van der Waals surface area contributed by atoms with E-state index >= 15 is 0 Å². The molecule has 0 saturated heterocycles. The number of hydrogen-bond acceptors (Lipinski definition) is 2. The van der Waals surface area contributed by atoms with Gasteiger partial charge in [0, 0.05) is 25.2 Å². The van der Waals surface area contributed by atoms with Gasteiger partial charge in [0.15, 0.2) is 0 Å². The van der Waals surface area contributed by atoms with Crippen LogP contribution in [0.5, 0.6) is 0 Å². The van der Waals surface area contributed by atoms with E-state index in [4.69, 9.17) is 18.0 Å². The summed E-state index contributed by atoms with van der Waals surface area (Å²) < 4.78 is 0. The molecule has 1 aromatic heterocycles. The van der Waals surface area contributed by atoms with Gasteiger partial charge in [-0.3, -0.25) is 0 Å². The Labute approximate surface area is 64.7 Å². The second-order valence-electron chi connectivity index (χ2n) is 2.00. The number of aryl methyl sites for hydroxylation is 1. The molecule has 0 aliphatic rings. The maximum Gasteiger partial charge on any atom is 0.106 e. The van der Waals surface area contributed by atoms with Crippen molar-refractivity contribution in [1.82, 2.24) is 9.97 Å². The Morgan fingerprint density at radius 3 is 3.10 bits per heavy atom. The van der Waals surface area contributed by atoms with Crippen LogP contribution in [0.1, 0.15) is 12.2 Å². The highest BCUT2D eigenvalue weighted by Gasteiger charge is 1.94. The second kappa shape index (κ2) is 3.31. The van der Waals surface area contributed by atoms with Gasteiger partial charge >= 0.3 is 0 Å². The Kier molecular flexibility index (Phi) is 2.39. The zero-order chi connectivity index (χ0) is 7.40. The number of nitrogens with zero attached hydrogens (tertiary/aromatic N) is 1. The maximum absolute atomic E-state index is 5.30. The lowest BCUT2D eigenvalue weighted by atomic mass is 10.3. The van der Waals surface area contributed by atoms with Crippen LogP contribution < -0.4 is 5.73 Å². The molecule has 4 heteroatoms. The number of nitrogens with one attached hydrogen (secondary N) is 1. The number of thiocarbonyl (C=S) groups is 1. The summed E-state index contributed by atoms with van der Waals surface area (Å²) >= 11 is 4.70. The highest BCUT2D eigenvalue weighted by molar-refractivity contribution is 7.80. The van der Waals surface area contributed by atoms with Gasteiger partial charge in [-0.1, -0.05) is 12.2 Å². The molecule has 0 amide bonds. The molecule has 0 aliphatic carbocycles. The van der Waals surface area contributed by atoms with Gasteiger partial charge < -0.3 is 10.7 Å². The van der Waals surface area contributed by atoms with E-state index in [-0.39, 0.29) is 0 Å². The van der Waals surface area contributed by atoms with Crippen molar-refractivity contribution in [1.29, 1.82) is 0 Å². The summed E-state index contributed by atoms with van der Waals surface area (Å²) in [5.41, 5.74) is 5.30. The second-order valence-corrected chi connectivity index (χ2v) is 2.53. The Morgan fingerprint density at radius 2 is 2.60 bits per heavy atom. The van der Waals surface area contributed by atoms with Crippen LogP contribution >= 0.6 is 12.2 Å². The SMILES string of the molecule is NC(=S)CCc1ncc[nH]1. The molecule has 0 aliphatic heterocycles. The molecule has 0 saturated carbocycles. The molecule has 54 valence electrons. The minimum atomic E-state index is 0.538. The van der Waals surface area contributed by atoms with Gasteiger partial charge in [-0.2, -0.15) is 0 Å². The average Bonchev–Trinajstić information content (AvgIpc) is 2.34. The van der Waals surface area contributed by atoms with E-state index in [1.165, 1.54) is 0 Å². The lowest BCUT2D eigenvalue weighted by Crippen LogP contribution is -2.08. The third kappa shape index (κ3) is 2.14. The molecule has 1 heterocycles. The molecule has 3 nitrogen and oxygen atoms in total. The Hall–Kier alpha value is -0.900. The summed E-state index contributed by atoms with van der Waals surface area (Å²) in [7, 11) is 0. The molecule has 3 N–H and O–H groups in total. The van der Waals surface area contributed by atoms with Gasteiger partial charge in [-0.25, -0.2) is 4.98 Å². The van der Waals surface area contributed by atoms with Gasteiger partial charge in [-0.05, 0) is 0 Å². The predicted molar refractivity (Wildman–Crippen MR) is 43.7 cm³/mol. The first-order valence-corrected chi connectivity index (χ1v) is 3.46. The average molecular weight is 155 g/mol. The van der Waals surface area contributed by atoms with E-state index in [2.05, 4.69) is 9.97 Å². The number of hydrogen-bond donors (Lipinski definition) is 2. The minimum absolute atomic E-state index is 0.538. The molecule has 0 fully saturated rings. The maximum atomic E-state index is 5.30. The lowest BCUT2D eigenvalue weighted by Gasteiger charge is -1.92. The van der Waals surface area contributed by atoms with E-state index in [0.29, 0.717) is 4.99 Å². The van der Waals surface area contributed by atoms with E-state index < -0.39 is 0 Å². The molecular formula is C6H9N3S. The fourth-order valence-electron chi connectivity index (χ4n) is 0.676. The number of rotatable bonds is 3. The zero-order valence-corrected chi connectivity index (χ0v) is 6.32. The zero-order valence-electron chi connectivity index (χ0n) is 5.50. The molecule has 0 unspecified atom stereocenters. The molecular weight excluding hydrogens is 146 g/mol. The minimum Gasteiger partial charge on any atom is -0.393 e. The normalized spacial score (nSPS) is 9.60. The predicted octanol–water partition coefficient (Wildman–Crippen LogP) is 0.628. The molecule has 0 atom stereocenters. The Morgan fingerprint density at radius 1 is 1.80 bits per heavy atom. The van der Waals surface area contributed by atoms with Crippen LogP contribution in [-0.2, 0) is 6.42 Å². The number of imidazole rings is 1. The summed E-state index contributed by atoms with van der Waals surface area (Å²) in [5, 5.41) is 0. The quantitative estimate of drug-likeness (QED) is 0.629. The van der Waals surface area contributed by atoms with Gasteiger partial charge in [-0.15, -0.1) is 0 Å². The molecule has 1 rings (SSSR count). The topological polar surface area (TPSA) is 54.7 Å². The smallest absolute Gasteiger partial charge is 0.106 e. The van der Waals surface area contributed by atoms with Crippen LogP contribution in [0.4, 0.5) is 0 Å². The van der Waals surface area contributed by atoms with Crippen LogP contribution in [0.25, 0.3) is 0 Å². The van der Waals surface area contributed by atoms with Gasteiger partial charge in [0.25, 0.3) is 0 Å². The van der Waals surface area contributed by atoms with Crippen LogP contribution in [0.3, 0.4) is 0 Å². The first kappa shape index (κ1) is 7.21. The van der Waals surface area contributed by atoms with Crippen LogP contribution in [0, 0.1) is 0 Å². The fraction of sp³-hybridized carbons (Fsp3) is 0.333. The molecule has 1 aromatic rings. The van der Waals surface area contributed by atoms with Crippen molar-refractivity contribution in [2.75, 3.05) is 0 Å². The highest BCUT2D eigenvalue weighted by atomic mass is 32.1. The lowest BCUT2D eigenvalue weighted by molar-refractivity contribution is 0.936. The van der Waals surface area contributed by atoms with E-state index in [9.17, 15) is 0 Å². The van der Waals surface area contributed by atoms with Crippen molar-refractivity contribution < 1.29 is 0 Å². The number of H-pyrrole nitrogens is 1. The Balaban J connectivity index is 2.35. The standard InChI is InChI=1S/C6H9N3S/c7-5(10)1-2-6-8-3-4-9-6/h3-4H,1-2H2,(H2,7,10)(H,8,9). The van der Waals surface area contributed by atoms with Crippen LogP contribution in [0.2, 0.25) is 0 Å². The number of aromatic amines is 1. The molecule has 10 heavy (non-hydrogen) atoms. The first-order chi connectivity index (χ1) is 4.79. The third-order valence-corrected chi connectivity index (χ3v) is 1.37. The number of aromatic nitrogens is 2. The van der Waals surface area contributed by atoms with Gasteiger partial charge in [0.2, 0.25) is 0 Å². The van der Waals surface area contributed by atoms with Crippen molar-refractivity contribution in [3.8, 4) is 0 Å². The van der Waals surface area contributed by atoms with Crippen molar-refractivity contribution in [3.05, 3.63) is 18.2 Å². The van der Waals surface area contributed by atoms with Crippen molar-refractivity contribution in [3.63, 3.8) is 0 Å². The van der Waals surface area contributed by atoms with Gasteiger partial charge in [0.05, 0.1) is 4.99 Å². The monoisotopic (exact) mass is 155 g/mol. The molecule has 0 spiro atoms. The fourth-order valence-corrected chi connectivity index (χ4v) is 0.778. The van der Waals surface area contributed by atoms with Crippen LogP contribution in [-0.4, -0.2) is 15.0 Å². The summed E-state index contributed by atoms with van der Waals surface area (Å²) in [5.74, 6) is 0.938. The number of nitrogens with two attached hydrogens (primary N) is 1. The summed E-state index contributed by atoms with van der Waals surface area (Å²) in [4.78, 5) is 7.52. The van der Waals surface area contributed by atoms with Crippen molar-refractivity contribution in [2.24, 2.45) is 5.73 Å². The summed E-state index contributed by atoms with van der Waals surface area (Å²) in [6.45, 7) is 0. The molecule has 0 radical (unpaired) electrons. The van der Waals surface area contributed by atoms with Crippen molar-refractivity contribution >= 4 is 17.2 Å². The third-order valence-electron chi connectivity index (χ3n) is 1.16. The summed E-state index contributed by atoms with van der Waals surface area (Å²) in [6.07, 6.45) is 5.04. The van der Waals surface area contributed by atoms with Crippen LogP contribution in [0.15, 0.2) is 12.4 Å². The highest BCUT2D eigenvalue weighted by Crippen LogP contribution is 1.93. The van der Waals surface area contributed by atoms with Crippen molar-refractivity contribution in [2.45, 2.75) is 12.8 Å². The van der Waals surface area contributed by atoms with E-state index in [1.54, 1.807) is 12.4 Å².